The van der Waals surface area contributed by atoms with Crippen LogP contribution in [-0.2, 0) is 9.59 Å². The van der Waals surface area contributed by atoms with Crippen LogP contribution in [0.4, 0.5) is 0 Å². The maximum atomic E-state index is 12.2. The lowest BCUT2D eigenvalue weighted by atomic mass is 9.97. The molecule has 9 N–H and O–H groups in total. The molecule has 4 aromatic carbocycles. The van der Waals surface area contributed by atoms with Gasteiger partial charge in [0.05, 0.1) is 10.8 Å². The van der Waals surface area contributed by atoms with Gasteiger partial charge in [-0.1, -0.05) is 48.6 Å². The van der Waals surface area contributed by atoms with E-state index in [2.05, 4.69) is 16.0 Å². The molecule has 2 amide bonds. The third-order valence-corrected chi connectivity index (χ3v) is 8.45. The lowest BCUT2D eigenvalue weighted by Crippen LogP contribution is -2.29. The summed E-state index contributed by atoms with van der Waals surface area (Å²) in [4.78, 5) is 24.4. The summed E-state index contributed by atoms with van der Waals surface area (Å²) < 4.78 is 0. The lowest BCUT2D eigenvalue weighted by Gasteiger charge is -2.12. The number of fused-ring (bicyclic) bond motifs is 2. The van der Waals surface area contributed by atoms with Crippen LogP contribution in [-0.4, -0.2) is 68.6 Å². The van der Waals surface area contributed by atoms with Crippen molar-refractivity contribution in [3.05, 3.63) is 70.8 Å². The molecule has 0 radical (unpaired) electrons. The molecular weight excluding hydrogens is 626 g/mol. The maximum absolute atomic E-state index is 12.2. The van der Waals surface area contributed by atoms with E-state index in [1.807, 2.05) is 0 Å². The number of hydrogen-bond donors (Lipinski definition) is 9. The van der Waals surface area contributed by atoms with Gasteiger partial charge in [-0.25, -0.2) is 0 Å². The standard InChI is InChI=1S/C38H45N3O8/c1-23-25(37(48)33-27(35(23)46)13-7-15-29(33)42)11-3-5-17-31(44)40-21-9-19-39-20-10-22-41-32(45)18-6-4-12-26-24(2)36(47)28-14-8-16-30(43)34(28)38(26)49/h3-4,7-8,11-16,39,42-43,46-49H,5-6,9-10,17-22H2,1-2H3,(H,40,44)(H,41,45)/b11-3+,12-4+. The van der Waals surface area contributed by atoms with Crippen molar-refractivity contribution < 1.29 is 40.2 Å². The molecule has 49 heavy (non-hydrogen) atoms. The normalized spacial score (nSPS) is 11.6. The lowest BCUT2D eigenvalue weighted by molar-refractivity contribution is -0.121. The molecule has 0 atom stereocenters. The number of aromatic hydroxyl groups is 6. The summed E-state index contributed by atoms with van der Waals surface area (Å²) in [5.74, 6) is -0.701. The maximum Gasteiger partial charge on any atom is 0.220 e. The smallest absolute Gasteiger partial charge is 0.220 e. The van der Waals surface area contributed by atoms with Crippen molar-refractivity contribution in [2.24, 2.45) is 0 Å². The number of amides is 2. The fourth-order valence-corrected chi connectivity index (χ4v) is 5.68. The van der Waals surface area contributed by atoms with Gasteiger partial charge in [0.2, 0.25) is 11.8 Å². The number of rotatable bonds is 16. The summed E-state index contributed by atoms with van der Waals surface area (Å²) in [6, 6.07) is 9.33. The highest BCUT2D eigenvalue weighted by molar-refractivity contribution is 6.02. The second kappa shape index (κ2) is 17.1. The Labute approximate surface area is 285 Å². The van der Waals surface area contributed by atoms with Gasteiger partial charge in [-0.3, -0.25) is 9.59 Å². The van der Waals surface area contributed by atoms with Gasteiger partial charge in [0, 0.05) is 59.0 Å². The third kappa shape index (κ3) is 8.94. The van der Waals surface area contributed by atoms with Crippen LogP contribution in [0.15, 0.2) is 48.6 Å². The first kappa shape index (κ1) is 36.4. The van der Waals surface area contributed by atoms with E-state index in [-0.39, 0.29) is 69.9 Å². The third-order valence-electron chi connectivity index (χ3n) is 8.45. The van der Waals surface area contributed by atoms with Gasteiger partial charge in [-0.05, 0) is 64.8 Å². The molecule has 0 spiro atoms. The second-order valence-corrected chi connectivity index (χ2v) is 11.9. The SMILES string of the molecule is Cc1c(/C=C/CCC(=O)NCCCNCCCNC(=O)CC/C=C/c2c(C)c(O)c3cccc(O)c3c2O)c(O)c2c(O)cccc2c1O. The molecular formula is C38H45N3O8. The van der Waals surface area contributed by atoms with E-state index in [1.165, 1.54) is 12.1 Å². The minimum Gasteiger partial charge on any atom is -0.507 e. The van der Waals surface area contributed by atoms with Crippen LogP contribution in [0.2, 0.25) is 0 Å². The highest BCUT2D eigenvalue weighted by Gasteiger charge is 2.18. The summed E-state index contributed by atoms with van der Waals surface area (Å²) in [5, 5.41) is 72.8. The van der Waals surface area contributed by atoms with Crippen LogP contribution in [0.1, 0.15) is 60.8 Å². The van der Waals surface area contributed by atoms with Crippen LogP contribution < -0.4 is 16.0 Å². The quantitative estimate of drug-likeness (QED) is 0.0529. The molecule has 0 aromatic heterocycles. The van der Waals surface area contributed by atoms with E-state index in [0.717, 1.165) is 12.8 Å². The fraction of sp³-hybridized carbons (Fsp3) is 0.316. The Kier molecular flexibility index (Phi) is 12.7. The molecule has 11 nitrogen and oxygen atoms in total. The molecule has 11 heteroatoms. The number of allylic oxidation sites excluding steroid dienone is 2. The van der Waals surface area contributed by atoms with Crippen LogP contribution in [0, 0.1) is 13.8 Å². The van der Waals surface area contributed by atoms with Crippen molar-refractivity contribution in [1.82, 2.24) is 16.0 Å². The van der Waals surface area contributed by atoms with E-state index in [0.29, 0.717) is 72.0 Å². The minimum absolute atomic E-state index is 0.0117. The van der Waals surface area contributed by atoms with Gasteiger partial charge in [-0.2, -0.15) is 0 Å². The van der Waals surface area contributed by atoms with Crippen LogP contribution in [0.25, 0.3) is 33.7 Å². The number of carbonyl (C=O) groups excluding carboxylic acids is 2. The van der Waals surface area contributed by atoms with Gasteiger partial charge >= 0.3 is 0 Å². The van der Waals surface area contributed by atoms with Gasteiger partial charge in [0.1, 0.15) is 34.5 Å². The molecule has 0 bridgehead atoms. The molecule has 260 valence electrons. The molecule has 0 saturated carbocycles. The monoisotopic (exact) mass is 671 g/mol. The van der Waals surface area contributed by atoms with Gasteiger partial charge in [0.15, 0.2) is 0 Å². The molecule has 0 aliphatic carbocycles. The molecule has 0 fully saturated rings. The first-order valence-electron chi connectivity index (χ1n) is 16.4. The molecule has 0 aliphatic heterocycles. The number of carbonyl (C=O) groups is 2. The molecule has 0 heterocycles. The Morgan fingerprint density at radius 3 is 1.41 bits per heavy atom. The largest absolute Gasteiger partial charge is 0.507 e. The number of phenols is 6. The molecule has 0 aliphatic rings. The van der Waals surface area contributed by atoms with Crippen molar-refractivity contribution in [2.75, 3.05) is 26.2 Å². The Hall–Kier alpha value is -5.42. The summed E-state index contributed by atoms with van der Waals surface area (Å²) in [7, 11) is 0. The van der Waals surface area contributed by atoms with E-state index < -0.39 is 0 Å². The number of phenolic OH excluding ortho intramolecular Hbond substituents is 6. The van der Waals surface area contributed by atoms with Crippen molar-refractivity contribution >= 4 is 45.5 Å². The molecule has 0 unspecified atom stereocenters. The van der Waals surface area contributed by atoms with Gasteiger partial charge in [0.25, 0.3) is 0 Å². The Morgan fingerprint density at radius 1 is 0.592 bits per heavy atom. The summed E-state index contributed by atoms with van der Waals surface area (Å²) in [6.07, 6.45) is 9.70. The van der Waals surface area contributed by atoms with Crippen molar-refractivity contribution in [3.63, 3.8) is 0 Å². The minimum atomic E-state index is -0.124. The zero-order valence-electron chi connectivity index (χ0n) is 27.8. The topological polar surface area (TPSA) is 192 Å². The van der Waals surface area contributed by atoms with Gasteiger partial charge < -0.3 is 46.6 Å². The van der Waals surface area contributed by atoms with E-state index in [1.54, 1.807) is 62.4 Å². The van der Waals surface area contributed by atoms with Gasteiger partial charge in [-0.15, -0.1) is 0 Å². The highest BCUT2D eigenvalue weighted by Crippen LogP contribution is 2.44. The summed E-state index contributed by atoms with van der Waals surface area (Å²) in [6.45, 7) is 5.83. The predicted molar refractivity (Wildman–Crippen MR) is 192 cm³/mol. The number of hydrogen-bond acceptors (Lipinski definition) is 9. The van der Waals surface area contributed by atoms with Crippen LogP contribution in [0.3, 0.4) is 0 Å². The van der Waals surface area contributed by atoms with E-state index in [4.69, 9.17) is 0 Å². The Morgan fingerprint density at radius 2 is 1.00 bits per heavy atom. The zero-order valence-corrected chi connectivity index (χ0v) is 27.8. The molecule has 0 saturated heterocycles. The molecule has 4 aromatic rings. The van der Waals surface area contributed by atoms with E-state index in [9.17, 15) is 40.2 Å². The number of benzene rings is 4. The summed E-state index contributed by atoms with van der Waals surface area (Å²) >= 11 is 0. The second-order valence-electron chi connectivity index (χ2n) is 11.9. The first-order chi connectivity index (χ1) is 23.5. The average molecular weight is 672 g/mol. The average Bonchev–Trinajstić information content (AvgIpc) is 3.08. The Balaban J connectivity index is 1.05. The van der Waals surface area contributed by atoms with E-state index >= 15 is 0 Å². The summed E-state index contributed by atoms with van der Waals surface area (Å²) in [5.41, 5.74) is 1.75. The number of nitrogens with one attached hydrogen (secondary N) is 3. The fourth-order valence-electron chi connectivity index (χ4n) is 5.68. The Bertz CT molecular complexity index is 1750. The van der Waals surface area contributed by atoms with Crippen molar-refractivity contribution in [2.45, 2.75) is 52.4 Å². The predicted octanol–water partition coefficient (Wildman–Crippen LogP) is 5.73. The van der Waals surface area contributed by atoms with Crippen molar-refractivity contribution in [3.8, 4) is 34.5 Å². The zero-order chi connectivity index (χ0) is 35.5. The molecule has 4 rings (SSSR count). The van der Waals surface area contributed by atoms with Crippen LogP contribution >= 0.6 is 0 Å². The first-order valence-corrected chi connectivity index (χ1v) is 16.4. The highest BCUT2D eigenvalue weighted by atomic mass is 16.3. The van der Waals surface area contributed by atoms with Crippen molar-refractivity contribution in [1.29, 1.82) is 0 Å². The van der Waals surface area contributed by atoms with Crippen LogP contribution in [0.5, 0.6) is 34.5 Å².